The molecular weight excluding hydrogens is 335 g/mol. The predicted octanol–water partition coefficient (Wildman–Crippen LogP) is 0.178. The average molecular weight is 380 g/mol. The lowest BCUT2D eigenvalue weighted by atomic mass is 9.80. The van der Waals surface area contributed by atoms with Crippen LogP contribution in [0.25, 0.3) is 0 Å². The predicted molar refractivity (Wildman–Crippen MR) is 115 cm³/mol. The minimum atomic E-state index is -1.85. The van der Waals surface area contributed by atoms with Crippen LogP contribution in [-0.2, 0) is 6.42 Å². The van der Waals surface area contributed by atoms with E-state index in [0.717, 1.165) is 43.4 Å². The van der Waals surface area contributed by atoms with E-state index >= 15 is 0 Å². The summed E-state index contributed by atoms with van der Waals surface area (Å²) in [6.07, 6.45) is 3.34. The third kappa shape index (κ3) is 21.3. The van der Waals surface area contributed by atoms with Crippen molar-refractivity contribution in [3.8, 4) is 0 Å². The van der Waals surface area contributed by atoms with Gasteiger partial charge >= 0.3 is 0 Å². The lowest BCUT2D eigenvalue weighted by Gasteiger charge is -2.26. The van der Waals surface area contributed by atoms with Gasteiger partial charge in [-0.15, -0.1) is 5.46 Å². The molecule has 4 N–H and O–H groups in total. The zero-order valence-corrected chi connectivity index (χ0v) is 19.3. The minimum absolute atomic E-state index is 0.334. The molecule has 0 atom stereocenters. The second kappa shape index (κ2) is 17.2. The van der Waals surface area contributed by atoms with Gasteiger partial charge in [0.25, 0.3) is 0 Å². The Bertz CT molecular complexity index is 406. The first-order valence-corrected chi connectivity index (χ1v) is 10.6. The molecule has 0 amide bonds. The first-order chi connectivity index (χ1) is 12.5. The van der Waals surface area contributed by atoms with Crippen molar-refractivity contribution in [3.63, 3.8) is 0 Å². The maximum atomic E-state index is 10.5. The molecule has 0 saturated carbocycles. The molecule has 0 aliphatic rings. The summed E-state index contributed by atoms with van der Waals surface area (Å²) in [4.78, 5) is 0. The summed E-state index contributed by atoms with van der Waals surface area (Å²) < 4.78 is 0. The van der Waals surface area contributed by atoms with E-state index in [1.807, 2.05) is 12.1 Å². The monoisotopic (exact) mass is 380 g/mol. The molecule has 0 aliphatic carbocycles. The summed E-state index contributed by atoms with van der Waals surface area (Å²) in [7, 11) is -1.85. The molecule has 0 heterocycles. The smallest absolute Gasteiger partial charge is 0.0803 e. The van der Waals surface area contributed by atoms with Gasteiger partial charge in [-0.3, -0.25) is 0 Å². The number of nitrogens with two attached hydrogens (primary N) is 2. The normalized spacial score (nSPS) is 10.6. The van der Waals surface area contributed by atoms with Crippen LogP contribution in [0.3, 0.4) is 0 Å². The van der Waals surface area contributed by atoms with Gasteiger partial charge in [-0.05, 0) is 73.8 Å². The molecule has 158 valence electrons. The van der Waals surface area contributed by atoms with Crippen LogP contribution in [0.4, 0.5) is 0 Å². The van der Waals surface area contributed by atoms with Gasteiger partial charge < -0.3 is 20.7 Å². The van der Waals surface area contributed by atoms with E-state index in [9.17, 15) is 10.0 Å². The molecule has 0 fully saturated rings. The highest BCUT2D eigenvalue weighted by molar-refractivity contribution is 6.55. The van der Waals surface area contributed by atoms with Crippen LogP contribution < -0.4 is 26.1 Å². The molecule has 0 aliphatic heterocycles. The van der Waals surface area contributed by atoms with Crippen molar-refractivity contribution in [2.24, 2.45) is 0 Å². The number of hydrogen-bond acceptors (Lipinski definition) is 2. The first-order valence-electron chi connectivity index (χ1n) is 10.6. The lowest BCUT2D eigenvalue weighted by molar-refractivity contribution is -0.709. The van der Waals surface area contributed by atoms with Crippen molar-refractivity contribution in [2.45, 2.75) is 106 Å². The Morgan fingerprint density at radius 1 is 0.741 bits per heavy atom. The molecular formula is C22H45BN2O2. The zero-order chi connectivity index (χ0) is 21.4. The summed E-state index contributed by atoms with van der Waals surface area (Å²) in [6.45, 7) is 19.8. The molecule has 1 rings (SSSR count). The van der Waals surface area contributed by atoms with Gasteiger partial charge in [0, 0.05) is 0 Å². The maximum Gasteiger partial charge on any atom is 0.0803 e. The van der Waals surface area contributed by atoms with Crippen LogP contribution in [0.2, 0.25) is 0 Å². The van der Waals surface area contributed by atoms with Crippen molar-refractivity contribution in [1.29, 1.82) is 0 Å². The molecule has 0 saturated heterocycles. The second-order valence-corrected chi connectivity index (χ2v) is 8.54. The standard InChI is InChI=1S/C10H13BO2.2C6H15N/c1-2-3-4-9-5-7-10(8-6-9)11(12)13;2*1-5(2)7-6(3)4/h5-8H,2-4H2,1H3;2*5-7H,1-4H3/q-2;;/p+2. The fourth-order valence-corrected chi connectivity index (χ4v) is 2.76. The van der Waals surface area contributed by atoms with Crippen molar-refractivity contribution < 1.29 is 20.7 Å². The Labute approximate surface area is 169 Å². The van der Waals surface area contributed by atoms with Crippen molar-refractivity contribution in [1.82, 2.24) is 0 Å². The Morgan fingerprint density at radius 3 is 1.33 bits per heavy atom. The first kappa shape index (κ1) is 28.3. The Kier molecular flexibility index (Phi) is 18.1. The van der Waals surface area contributed by atoms with E-state index in [-0.39, 0.29) is 0 Å². The quantitative estimate of drug-likeness (QED) is 0.631. The molecule has 0 unspecified atom stereocenters. The highest BCUT2D eigenvalue weighted by atomic mass is 16.4. The van der Waals surface area contributed by atoms with Gasteiger partial charge in [0.15, 0.2) is 0 Å². The number of aryl methyl sites for hydroxylation is 1. The fourth-order valence-electron chi connectivity index (χ4n) is 2.76. The van der Waals surface area contributed by atoms with E-state index in [2.05, 4.69) is 72.9 Å². The summed E-state index contributed by atoms with van der Waals surface area (Å²) >= 11 is 0. The number of benzene rings is 1. The highest BCUT2D eigenvalue weighted by Gasteiger charge is 1.97. The molecule has 1 aromatic rings. The summed E-state index contributed by atoms with van der Waals surface area (Å²) in [5, 5.41) is 25.7. The molecule has 27 heavy (non-hydrogen) atoms. The SMILES string of the molecule is CC(C)[NH2+]C(C)C.CC(C)[NH2+]C(C)C.CCCCc1ccc(B([O-])[O-])cc1. The van der Waals surface area contributed by atoms with Gasteiger partial charge in [0.2, 0.25) is 0 Å². The third-order valence-corrected chi connectivity index (χ3v) is 3.61. The van der Waals surface area contributed by atoms with E-state index in [4.69, 9.17) is 0 Å². The molecule has 1 aromatic carbocycles. The lowest BCUT2D eigenvalue weighted by Crippen LogP contribution is -2.92. The third-order valence-electron chi connectivity index (χ3n) is 3.61. The Hall–Kier alpha value is -0.875. The van der Waals surface area contributed by atoms with Crippen LogP contribution in [0.5, 0.6) is 0 Å². The minimum Gasteiger partial charge on any atom is -0.889 e. The summed E-state index contributed by atoms with van der Waals surface area (Å²) in [5.74, 6) is 0. The highest BCUT2D eigenvalue weighted by Crippen LogP contribution is 2.02. The van der Waals surface area contributed by atoms with Gasteiger partial charge in [0.05, 0.1) is 24.2 Å². The average Bonchev–Trinajstić information content (AvgIpc) is 2.51. The fraction of sp³-hybridized carbons (Fsp3) is 0.727. The Morgan fingerprint density at radius 2 is 1.11 bits per heavy atom. The Balaban J connectivity index is 0. The molecule has 5 heteroatoms. The van der Waals surface area contributed by atoms with Gasteiger partial charge in [-0.2, -0.15) is 0 Å². The van der Waals surface area contributed by atoms with Gasteiger partial charge in [-0.1, -0.05) is 44.7 Å². The summed E-state index contributed by atoms with van der Waals surface area (Å²) in [5.41, 5.74) is 1.53. The van der Waals surface area contributed by atoms with Crippen LogP contribution in [0, 0.1) is 0 Å². The van der Waals surface area contributed by atoms with Gasteiger partial charge in [-0.25, -0.2) is 0 Å². The van der Waals surface area contributed by atoms with Crippen molar-refractivity contribution >= 4 is 12.6 Å². The molecule has 0 radical (unpaired) electrons. The second-order valence-electron chi connectivity index (χ2n) is 8.54. The molecule has 0 aromatic heterocycles. The van der Waals surface area contributed by atoms with Crippen LogP contribution >= 0.6 is 0 Å². The van der Waals surface area contributed by atoms with Gasteiger partial charge in [0.1, 0.15) is 0 Å². The van der Waals surface area contributed by atoms with E-state index in [1.165, 1.54) is 5.56 Å². The van der Waals surface area contributed by atoms with Crippen LogP contribution in [0.15, 0.2) is 24.3 Å². The van der Waals surface area contributed by atoms with E-state index in [1.54, 1.807) is 12.1 Å². The number of rotatable bonds is 8. The largest absolute Gasteiger partial charge is 0.889 e. The summed E-state index contributed by atoms with van der Waals surface area (Å²) in [6, 6.07) is 10.0. The van der Waals surface area contributed by atoms with E-state index < -0.39 is 7.12 Å². The number of hydrogen-bond donors (Lipinski definition) is 2. The number of quaternary nitrogens is 2. The molecule has 0 spiro atoms. The zero-order valence-electron chi connectivity index (χ0n) is 19.3. The number of unbranched alkanes of at least 4 members (excludes halogenated alkanes) is 1. The van der Waals surface area contributed by atoms with Crippen LogP contribution in [0.1, 0.15) is 80.7 Å². The topological polar surface area (TPSA) is 79.3 Å². The van der Waals surface area contributed by atoms with Crippen molar-refractivity contribution in [3.05, 3.63) is 29.8 Å². The molecule has 0 bridgehead atoms. The maximum absolute atomic E-state index is 10.5. The van der Waals surface area contributed by atoms with E-state index in [0.29, 0.717) is 5.46 Å². The van der Waals surface area contributed by atoms with Crippen LogP contribution in [-0.4, -0.2) is 31.3 Å². The molecule has 4 nitrogen and oxygen atoms in total. The van der Waals surface area contributed by atoms with Crippen molar-refractivity contribution in [2.75, 3.05) is 0 Å².